The van der Waals surface area contributed by atoms with Gasteiger partial charge < -0.3 is 11.1 Å². The van der Waals surface area contributed by atoms with E-state index in [4.69, 9.17) is 17.3 Å². The monoisotopic (exact) mass is 436 g/mol. The Balaban J connectivity index is 1.35. The standard InChI is InChI=1S/C23H21ClN4OS/c24-19-12-21(30-22(19)14-26-13-17-3-1-2-9-27-17)20(29)7-5-15-4-6-18-16(11-15)8-10-28-23(18)25/h1-4,6,8-12,26H,5,7,13-14H2,(H2,25,28). The smallest absolute Gasteiger partial charge is 0.173 e. The second-order valence-electron chi connectivity index (χ2n) is 6.98. The van der Waals surface area contributed by atoms with Crippen molar-refractivity contribution in [3.8, 4) is 0 Å². The number of fused-ring (bicyclic) bond motifs is 1. The maximum absolute atomic E-state index is 12.7. The highest BCUT2D eigenvalue weighted by molar-refractivity contribution is 7.14. The maximum atomic E-state index is 12.7. The van der Waals surface area contributed by atoms with E-state index in [-0.39, 0.29) is 5.78 Å². The molecule has 3 heterocycles. The number of carbonyl (C=O) groups is 1. The summed E-state index contributed by atoms with van der Waals surface area (Å²) in [4.78, 5) is 22.7. The lowest BCUT2D eigenvalue weighted by atomic mass is 10.0. The van der Waals surface area contributed by atoms with Crippen molar-refractivity contribution in [2.75, 3.05) is 5.73 Å². The third kappa shape index (κ3) is 4.84. The molecule has 1 aromatic carbocycles. The minimum absolute atomic E-state index is 0.104. The van der Waals surface area contributed by atoms with Crippen LogP contribution in [-0.2, 0) is 19.5 Å². The molecular formula is C23H21ClN4OS. The van der Waals surface area contributed by atoms with E-state index in [1.54, 1.807) is 18.5 Å². The number of hydrogen-bond acceptors (Lipinski definition) is 6. The van der Waals surface area contributed by atoms with Gasteiger partial charge in [0.2, 0.25) is 0 Å². The molecule has 4 aromatic rings. The fourth-order valence-electron chi connectivity index (χ4n) is 3.26. The number of Topliss-reactive ketones (excluding diaryl/α,β-unsaturated/α-hetero) is 1. The number of aromatic nitrogens is 2. The van der Waals surface area contributed by atoms with Crippen LogP contribution in [0.3, 0.4) is 0 Å². The molecule has 0 aliphatic rings. The topological polar surface area (TPSA) is 80.9 Å². The molecule has 4 rings (SSSR count). The largest absolute Gasteiger partial charge is 0.383 e. The fourth-order valence-corrected chi connectivity index (χ4v) is 4.60. The number of nitrogens with one attached hydrogen (secondary N) is 1. The number of ketones is 1. The molecule has 0 radical (unpaired) electrons. The minimum Gasteiger partial charge on any atom is -0.383 e. The number of nitrogens with two attached hydrogens (primary N) is 1. The molecule has 3 N–H and O–H groups in total. The van der Waals surface area contributed by atoms with Gasteiger partial charge in [-0.15, -0.1) is 11.3 Å². The molecule has 7 heteroatoms. The van der Waals surface area contributed by atoms with Gasteiger partial charge >= 0.3 is 0 Å². The van der Waals surface area contributed by atoms with Crippen LogP contribution in [0.1, 0.15) is 32.2 Å². The number of halogens is 1. The van der Waals surface area contributed by atoms with Crippen LogP contribution in [0.2, 0.25) is 5.02 Å². The molecule has 0 aliphatic heterocycles. The molecule has 0 bridgehead atoms. The number of pyridine rings is 2. The molecule has 0 unspecified atom stereocenters. The summed E-state index contributed by atoms with van der Waals surface area (Å²) in [6, 6.07) is 15.6. The second-order valence-corrected chi connectivity index (χ2v) is 8.53. The van der Waals surface area contributed by atoms with Crippen LogP contribution in [0.4, 0.5) is 5.82 Å². The van der Waals surface area contributed by atoms with E-state index >= 15 is 0 Å². The average Bonchev–Trinajstić information content (AvgIpc) is 3.13. The Labute approximate surface area is 183 Å². The van der Waals surface area contributed by atoms with Gasteiger partial charge in [0.25, 0.3) is 0 Å². The summed E-state index contributed by atoms with van der Waals surface area (Å²) in [5.74, 6) is 0.625. The number of benzene rings is 1. The molecule has 0 amide bonds. The van der Waals surface area contributed by atoms with E-state index in [1.165, 1.54) is 11.3 Å². The van der Waals surface area contributed by atoms with Crippen LogP contribution in [0, 0.1) is 0 Å². The first-order chi connectivity index (χ1) is 14.6. The first-order valence-corrected chi connectivity index (χ1v) is 10.8. The summed E-state index contributed by atoms with van der Waals surface area (Å²) in [5, 5.41) is 5.92. The Bertz CT molecular complexity index is 1180. The second kappa shape index (κ2) is 9.34. The zero-order chi connectivity index (χ0) is 20.9. The van der Waals surface area contributed by atoms with Gasteiger partial charge in [-0.3, -0.25) is 9.78 Å². The van der Waals surface area contributed by atoms with Gasteiger partial charge in [-0.05, 0) is 41.6 Å². The van der Waals surface area contributed by atoms with Gasteiger partial charge in [0.15, 0.2) is 5.78 Å². The van der Waals surface area contributed by atoms with Crippen LogP contribution in [0.25, 0.3) is 10.8 Å². The van der Waals surface area contributed by atoms with Crippen molar-refractivity contribution >= 4 is 45.3 Å². The van der Waals surface area contributed by atoms with E-state index in [0.717, 1.165) is 26.9 Å². The average molecular weight is 437 g/mol. The molecule has 0 atom stereocenters. The fraction of sp³-hybridized carbons (Fsp3) is 0.174. The molecule has 30 heavy (non-hydrogen) atoms. The van der Waals surface area contributed by atoms with Crippen molar-refractivity contribution in [3.05, 3.63) is 87.0 Å². The highest BCUT2D eigenvalue weighted by Gasteiger charge is 2.14. The Hall–Kier alpha value is -2.80. The van der Waals surface area contributed by atoms with Crippen LogP contribution in [0.5, 0.6) is 0 Å². The van der Waals surface area contributed by atoms with Crippen molar-refractivity contribution in [1.82, 2.24) is 15.3 Å². The maximum Gasteiger partial charge on any atom is 0.173 e. The predicted octanol–water partition coefficient (Wildman–Crippen LogP) is 5.03. The molecular weight excluding hydrogens is 416 g/mol. The number of thiophene rings is 1. The summed E-state index contributed by atoms with van der Waals surface area (Å²) < 4.78 is 0. The number of rotatable bonds is 8. The van der Waals surface area contributed by atoms with Crippen LogP contribution in [0.15, 0.2) is 60.9 Å². The summed E-state index contributed by atoms with van der Waals surface area (Å²) >= 11 is 7.81. The van der Waals surface area contributed by atoms with Crippen LogP contribution >= 0.6 is 22.9 Å². The van der Waals surface area contributed by atoms with Crippen LogP contribution < -0.4 is 11.1 Å². The number of nitrogen functional groups attached to an aromatic ring is 1. The number of aryl methyl sites for hydroxylation is 1. The zero-order valence-electron chi connectivity index (χ0n) is 16.3. The third-order valence-corrected chi connectivity index (χ3v) is 6.48. The van der Waals surface area contributed by atoms with E-state index < -0.39 is 0 Å². The van der Waals surface area contributed by atoms with Gasteiger partial charge in [-0.25, -0.2) is 4.98 Å². The van der Waals surface area contributed by atoms with Gasteiger partial charge in [0.05, 0.1) is 15.6 Å². The van der Waals surface area contributed by atoms with Crippen molar-refractivity contribution < 1.29 is 4.79 Å². The Morgan fingerprint density at radius 2 is 1.97 bits per heavy atom. The van der Waals surface area contributed by atoms with E-state index in [1.807, 2.05) is 36.4 Å². The Morgan fingerprint density at radius 3 is 2.80 bits per heavy atom. The highest BCUT2D eigenvalue weighted by Crippen LogP contribution is 2.28. The van der Waals surface area contributed by atoms with Gasteiger partial charge in [0.1, 0.15) is 5.82 Å². The Morgan fingerprint density at radius 1 is 1.07 bits per heavy atom. The van der Waals surface area contributed by atoms with E-state index in [9.17, 15) is 4.79 Å². The third-order valence-electron chi connectivity index (χ3n) is 4.85. The lowest BCUT2D eigenvalue weighted by Gasteiger charge is -2.05. The lowest BCUT2D eigenvalue weighted by Crippen LogP contribution is -2.12. The summed E-state index contributed by atoms with van der Waals surface area (Å²) in [6.07, 6.45) is 4.57. The quantitative estimate of drug-likeness (QED) is 0.378. The molecule has 0 saturated carbocycles. The number of anilines is 1. The highest BCUT2D eigenvalue weighted by atomic mass is 35.5. The van der Waals surface area contributed by atoms with Crippen molar-refractivity contribution in [2.45, 2.75) is 25.9 Å². The van der Waals surface area contributed by atoms with E-state index in [0.29, 0.717) is 41.6 Å². The summed E-state index contributed by atoms with van der Waals surface area (Å²) in [6.45, 7) is 1.26. The number of hydrogen-bond donors (Lipinski definition) is 2. The molecule has 5 nitrogen and oxygen atoms in total. The van der Waals surface area contributed by atoms with Gasteiger partial charge in [0, 0.05) is 42.2 Å². The minimum atomic E-state index is 0.104. The first kappa shape index (κ1) is 20.5. The first-order valence-electron chi connectivity index (χ1n) is 9.65. The van der Waals surface area contributed by atoms with Gasteiger partial charge in [-0.2, -0.15) is 0 Å². The van der Waals surface area contributed by atoms with Gasteiger partial charge in [-0.1, -0.05) is 35.9 Å². The predicted molar refractivity (Wildman–Crippen MR) is 123 cm³/mol. The number of nitrogens with zero attached hydrogens (tertiary/aromatic N) is 2. The van der Waals surface area contributed by atoms with Crippen molar-refractivity contribution in [3.63, 3.8) is 0 Å². The molecule has 0 spiro atoms. The molecule has 152 valence electrons. The lowest BCUT2D eigenvalue weighted by molar-refractivity contribution is 0.0986. The normalized spacial score (nSPS) is 11.1. The zero-order valence-corrected chi connectivity index (χ0v) is 17.8. The molecule has 0 aliphatic carbocycles. The van der Waals surface area contributed by atoms with E-state index in [2.05, 4.69) is 21.4 Å². The molecule has 0 saturated heterocycles. The van der Waals surface area contributed by atoms with Crippen molar-refractivity contribution in [1.29, 1.82) is 0 Å². The summed E-state index contributed by atoms with van der Waals surface area (Å²) in [7, 11) is 0. The van der Waals surface area contributed by atoms with Crippen LogP contribution in [-0.4, -0.2) is 15.8 Å². The summed E-state index contributed by atoms with van der Waals surface area (Å²) in [5.41, 5.74) is 7.97. The van der Waals surface area contributed by atoms with Crippen molar-refractivity contribution in [2.24, 2.45) is 0 Å². The molecule has 3 aromatic heterocycles. The number of carbonyl (C=O) groups excluding carboxylic acids is 1. The Kier molecular flexibility index (Phi) is 6.38. The molecule has 0 fully saturated rings. The SMILES string of the molecule is Nc1nccc2cc(CCC(=O)c3cc(Cl)c(CNCc4ccccn4)s3)ccc12.